The minimum atomic E-state index is 0.193. The van der Waals surface area contributed by atoms with Crippen molar-refractivity contribution in [2.45, 2.75) is 40.0 Å². The summed E-state index contributed by atoms with van der Waals surface area (Å²) in [6.45, 7) is 7.56. The predicted molar refractivity (Wildman–Crippen MR) is 50.2 cm³/mol. The summed E-state index contributed by atoms with van der Waals surface area (Å²) in [5.41, 5.74) is 0. The topological polar surface area (TPSA) is 26.3 Å². The quantitative estimate of drug-likeness (QED) is 0.607. The number of ether oxygens (including phenoxy) is 1. The molecule has 1 rings (SSSR count). The van der Waals surface area contributed by atoms with Gasteiger partial charge in [-0.15, -0.1) is 0 Å². The third kappa shape index (κ3) is 4.50. The molecular weight excluding hydrogens is 152 g/mol. The first-order chi connectivity index (χ1) is 5.76. The molecule has 1 aliphatic heterocycles. The molecule has 0 aromatic heterocycles. The molecule has 0 N–H and O–H groups in total. The highest BCUT2D eigenvalue weighted by molar-refractivity contribution is 5.81. The van der Waals surface area contributed by atoms with Crippen LogP contribution in [-0.2, 0) is 9.53 Å². The molecule has 0 radical (unpaired) electrons. The summed E-state index contributed by atoms with van der Waals surface area (Å²) in [5, 5.41) is 0. The van der Waals surface area contributed by atoms with Crippen LogP contribution in [0.2, 0.25) is 0 Å². The van der Waals surface area contributed by atoms with Crippen molar-refractivity contribution in [2.24, 2.45) is 5.92 Å². The highest BCUT2D eigenvalue weighted by atomic mass is 16.5. The van der Waals surface area contributed by atoms with Crippen LogP contribution in [0.5, 0.6) is 0 Å². The molecule has 1 saturated heterocycles. The highest BCUT2D eigenvalue weighted by Gasteiger charge is 2.19. The van der Waals surface area contributed by atoms with E-state index in [9.17, 15) is 4.79 Å². The summed E-state index contributed by atoms with van der Waals surface area (Å²) in [6.07, 6.45) is 2.80. The van der Waals surface area contributed by atoms with Crippen LogP contribution in [0.1, 0.15) is 40.0 Å². The van der Waals surface area contributed by atoms with Crippen molar-refractivity contribution in [1.29, 1.82) is 0 Å². The van der Waals surface area contributed by atoms with E-state index in [4.69, 9.17) is 4.74 Å². The van der Waals surface area contributed by atoms with E-state index in [1.165, 1.54) is 6.42 Å². The van der Waals surface area contributed by atoms with Crippen LogP contribution in [0.25, 0.3) is 0 Å². The number of rotatable bonds is 1. The average molecular weight is 172 g/mol. The number of hydrogen-bond acceptors (Lipinski definition) is 2. The van der Waals surface area contributed by atoms with Gasteiger partial charge in [-0.3, -0.25) is 4.79 Å². The van der Waals surface area contributed by atoms with E-state index >= 15 is 0 Å². The van der Waals surface area contributed by atoms with E-state index in [1.54, 1.807) is 0 Å². The van der Waals surface area contributed by atoms with Gasteiger partial charge in [0, 0.05) is 12.3 Å². The van der Waals surface area contributed by atoms with Gasteiger partial charge in [0.2, 0.25) is 0 Å². The Morgan fingerprint density at radius 2 is 2.00 bits per heavy atom. The first-order valence-corrected chi connectivity index (χ1v) is 4.86. The van der Waals surface area contributed by atoms with Crippen LogP contribution in [0.3, 0.4) is 0 Å². The average Bonchev–Trinajstić information content (AvgIpc) is 2.07. The molecule has 12 heavy (non-hydrogen) atoms. The van der Waals surface area contributed by atoms with Crippen molar-refractivity contribution in [1.82, 2.24) is 0 Å². The lowest BCUT2D eigenvalue weighted by molar-refractivity contribution is -0.130. The molecular formula is C10H20O2. The van der Waals surface area contributed by atoms with Crippen molar-refractivity contribution < 1.29 is 9.53 Å². The molecule has 0 saturated carbocycles. The van der Waals surface area contributed by atoms with Crippen LogP contribution >= 0.6 is 0 Å². The van der Waals surface area contributed by atoms with Gasteiger partial charge in [-0.25, -0.2) is 0 Å². The van der Waals surface area contributed by atoms with Gasteiger partial charge >= 0.3 is 0 Å². The van der Waals surface area contributed by atoms with Crippen LogP contribution in [-0.4, -0.2) is 19.0 Å². The van der Waals surface area contributed by atoms with Crippen LogP contribution in [0.4, 0.5) is 0 Å². The van der Waals surface area contributed by atoms with E-state index in [2.05, 4.69) is 13.8 Å². The summed E-state index contributed by atoms with van der Waals surface area (Å²) < 4.78 is 5.12. The smallest absolute Gasteiger partial charge is 0.140 e. The first-order valence-electron chi connectivity index (χ1n) is 4.86. The molecule has 1 aliphatic rings. The second-order valence-electron chi connectivity index (χ2n) is 3.10. The van der Waals surface area contributed by atoms with Gasteiger partial charge in [0.05, 0.1) is 13.2 Å². The van der Waals surface area contributed by atoms with Crippen molar-refractivity contribution in [3.05, 3.63) is 0 Å². The minimum Gasteiger partial charge on any atom is -0.380 e. The van der Waals surface area contributed by atoms with Crippen LogP contribution < -0.4 is 0 Å². The third-order valence-electron chi connectivity index (χ3n) is 1.76. The van der Waals surface area contributed by atoms with Crippen molar-refractivity contribution in [2.75, 3.05) is 13.2 Å². The van der Waals surface area contributed by atoms with Crippen molar-refractivity contribution in [3.8, 4) is 0 Å². The molecule has 0 aliphatic carbocycles. The molecule has 1 atom stereocenters. The Labute approximate surface area is 75.3 Å². The first kappa shape index (κ1) is 11.6. The van der Waals surface area contributed by atoms with Gasteiger partial charge < -0.3 is 4.74 Å². The molecule has 0 aromatic rings. The molecule has 2 nitrogen and oxygen atoms in total. The lowest BCUT2D eigenvalue weighted by atomic mass is 9.98. The SMILES string of the molecule is CCC.CCC1COCCC1=O. The number of Topliss-reactive ketones (excluding diaryl/α,β-unsaturated/α-hetero) is 1. The third-order valence-corrected chi connectivity index (χ3v) is 1.76. The summed E-state index contributed by atoms with van der Waals surface area (Å²) >= 11 is 0. The van der Waals surface area contributed by atoms with Crippen LogP contribution in [0, 0.1) is 5.92 Å². The molecule has 2 heteroatoms. The summed E-state index contributed by atoms with van der Waals surface area (Å²) in [6, 6.07) is 0. The van der Waals surface area contributed by atoms with E-state index in [0.717, 1.165) is 6.42 Å². The summed E-state index contributed by atoms with van der Waals surface area (Å²) in [7, 11) is 0. The minimum absolute atomic E-state index is 0.193. The maximum Gasteiger partial charge on any atom is 0.140 e. The lowest BCUT2D eigenvalue weighted by Crippen LogP contribution is -2.26. The Morgan fingerprint density at radius 3 is 2.33 bits per heavy atom. The van der Waals surface area contributed by atoms with Gasteiger partial charge in [0.15, 0.2) is 0 Å². The zero-order valence-electron chi connectivity index (χ0n) is 8.43. The normalized spacial score (nSPS) is 22.9. The summed E-state index contributed by atoms with van der Waals surface area (Å²) in [4.78, 5) is 10.9. The molecule has 1 fully saturated rings. The fraction of sp³-hybridized carbons (Fsp3) is 0.900. The van der Waals surface area contributed by atoms with E-state index in [0.29, 0.717) is 25.4 Å². The van der Waals surface area contributed by atoms with Gasteiger partial charge in [0.25, 0.3) is 0 Å². The number of ketones is 1. The van der Waals surface area contributed by atoms with Gasteiger partial charge in [-0.05, 0) is 6.42 Å². The Morgan fingerprint density at radius 1 is 1.42 bits per heavy atom. The lowest BCUT2D eigenvalue weighted by Gasteiger charge is -2.18. The zero-order chi connectivity index (χ0) is 9.40. The second kappa shape index (κ2) is 7.29. The second-order valence-corrected chi connectivity index (χ2v) is 3.10. The molecule has 0 spiro atoms. The standard InChI is InChI=1S/C7H12O2.C3H8/c1-2-6-5-9-4-3-7(6)8;1-3-2/h6H,2-5H2,1H3;3H2,1-2H3. The van der Waals surface area contributed by atoms with Crippen molar-refractivity contribution in [3.63, 3.8) is 0 Å². The van der Waals surface area contributed by atoms with Crippen LogP contribution in [0.15, 0.2) is 0 Å². The zero-order valence-corrected chi connectivity index (χ0v) is 8.43. The van der Waals surface area contributed by atoms with Gasteiger partial charge in [-0.2, -0.15) is 0 Å². The molecule has 0 bridgehead atoms. The predicted octanol–water partition coefficient (Wildman–Crippen LogP) is 2.42. The van der Waals surface area contributed by atoms with Crippen molar-refractivity contribution >= 4 is 5.78 Å². The van der Waals surface area contributed by atoms with E-state index < -0.39 is 0 Å². The Bertz CT molecular complexity index is 121. The van der Waals surface area contributed by atoms with E-state index in [1.807, 2.05) is 6.92 Å². The molecule has 72 valence electrons. The molecule has 1 heterocycles. The van der Waals surface area contributed by atoms with Gasteiger partial charge in [0.1, 0.15) is 5.78 Å². The molecule has 0 amide bonds. The maximum absolute atomic E-state index is 10.9. The number of carbonyl (C=O) groups excluding carboxylic acids is 1. The number of hydrogen-bond donors (Lipinski definition) is 0. The Kier molecular flexibility index (Phi) is 7.06. The molecule has 1 unspecified atom stereocenters. The fourth-order valence-corrected chi connectivity index (χ4v) is 1.04. The number of carbonyl (C=O) groups is 1. The molecule has 0 aromatic carbocycles. The summed E-state index contributed by atoms with van der Waals surface area (Å²) in [5.74, 6) is 0.572. The van der Waals surface area contributed by atoms with Gasteiger partial charge in [-0.1, -0.05) is 27.2 Å². The monoisotopic (exact) mass is 172 g/mol. The Hall–Kier alpha value is -0.370. The maximum atomic E-state index is 10.9. The highest BCUT2D eigenvalue weighted by Crippen LogP contribution is 2.12. The fourth-order valence-electron chi connectivity index (χ4n) is 1.04. The Balaban J connectivity index is 0.000000354. The largest absolute Gasteiger partial charge is 0.380 e. The van der Waals surface area contributed by atoms with E-state index in [-0.39, 0.29) is 5.92 Å².